The summed E-state index contributed by atoms with van der Waals surface area (Å²) in [5, 5.41) is 0. The van der Waals surface area contributed by atoms with Gasteiger partial charge in [-0.15, -0.1) is 0 Å². The maximum Gasteiger partial charge on any atom is 0.514 e. The second kappa shape index (κ2) is 4.08. The average Bonchev–Trinajstić information content (AvgIpc) is 3.01. The fraction of sp³-hybridized carbons (Fsp3) is 0.688. The molecule has 3 rings (SSSR count). The van der Waals surface area contributed by atoms with Gasteiger partial charge in [0.15, 0.2) is 0 Å². The molecule has 2 heterocycles. The standard InChI is InChI=1S/C16H24BNO2/c1-11-9-13(18-10-12(11)16(6)7-8-16)17-19-14(2,3)15(4,5)20-17/h9-10H,7-8H2,1-6H3. The Hall–Kier alpha value is -0.865. The highest BCUT2D eigenvalue weighted by Gasteiger charge is 2.52. The molecule has 108 valence electrons. The second-order valence-corrected chi connectivity index (χ2v) is 7.57. The zero-order chi connectivity index (χ0) is 14.8. The molecule has 0 spiro atoms. The van der Waals surface area contributed by atoms with E-state index in [4.69, 9.17) is 9.31 Å². The lowest BCUT2D eigenvalue weighted by Crippen LogP contribution is -2.41. The first-order valence-corrected chi connectivity index (χ1v) is 7.47. The molecular weight excluding hydrogens is 249 g/mol. The summed E-state index contributed by atoms with van der Waals surface area (Å²) in [6, 6.07) is 2.13. The zero-order valence-corrected chi connectivity index (χ0v) is 13.4. The Morgan fingerprint density at radius 2 is 1.60 bits per heavy atom. The predicted octanol–water partition coefficient (Wildman–Crippen LogP) is 2.74. The van der Waals surface area contributed by atoms with Crippen molar-refractivity contribution < 1.29 is 9.31 Å². The maximum absolute atomic E-state index is 6.06. The summed E-state index contributed by atoms with van der Waals surface area (Å²) in [7, 11) is -0.361. The highest BCUT2D eigenvalue weighted by molar-refractivity contribution is 6.61. The van der Waals surface area contributed by atoms with Gasteiger partial charge in [0.25, 0.3) is 0 Å². The number of hydrogen-bond acceptors (Lipinski definition) is 3. The van der Waals surface area contributed by atoms with E-state index in [1.54, 1.807) is 0 Å². The molecule has 1 saturated carbocycles. The SMILES string of the molecule is Cc1cc(B2OC(C)(C)C(C)(C)O2)ncc1C1(C)CC1. The number of rotatable bonds is 2. The zero-order valence-electron chi connectivity index (χ0n) is 13.4. The van der Waals surface area contributed by atoms with Crippen LogP contribution in [0.4, 0.5) is 0 Å². The normalized spacial score (nSPS) is 25.8. The third kappa shape index (κ3) is 2.10. The van der Waals surface area contributed by atoms with Crippen LogP contribution in [-0.4, -0.2) is 23.3 Å². The summed E-state index contributed by atoms with van der Waals surface area (Å²) < 4.78 is 12.1. The number of aromatic nitrogens is 1. The van der Waals surface area contributed by atoms with Crippen molar-refractivity contribution in [2.24, 2.45) is 0 Å². The fourth-order valence-electron chi connectivity index (χ4n) is 2.76. The van der Waals surface area contributed by atoms with Crippen molar-refractivity contribution in [3.8, 4) is 0 Å². The lowest BCUT2D eigenvalue weighted by Gasteiger charge is -2.32. The number of nitrogens with zero attached hydrogens (tertiary/aromatic N) is 1. The second-order valence-electron chi connectivity index (χ2n) is 7.57. The van der Waals surface area contributed by atoms with Crippen molar-refractivity contribution in [2.75, 3.05) is 0 Å². The van der Waals surface area contributed by atoms with E-state index in [1.165, 1.54) is 24.0 Å². The lowest BCUT2D eigenvalue weighted by molar-refractivity contribution is 0.00578. The van der Waals surface area contributed by atoms with Gasteiger partial charge in [0.05, 0.1) is 16.8 Å². The molecule has 0 aromatic carbocycles. The van der Waals surface area contributed by atoms with Crippen molar-refractivity contribution in [1.29, 1.82) is 0 Å². The van der Waals surface area contributed by atoms with Crippen molar-refractivity contribution in [3.63, 3.8) is 0 Å². The quantitative estimate of drug-likeness (QED) is 0.776. The maximum atomic E-state index is 6.06. The molecule has 0 bridgehead atoms. The van der Waals surface area contributed by atoms with Gasteiger partial charge < -0.3 is 9.31 Å². The Bertz CT molecular complexity index is 533. The van der Waals surface area contributed by atoms with Gasteiger partial charge in [0.1, 0.15) is 0 Å². The first-order chi connectivity index (χ1) is 9.15. The van der Waals surface area contributed by atoms with Gasteiger partial charge in [-0.25, -0.2) is 0 Å². The summed E-state index contributed by atoms with van der Waals surface area (Å²) in [6.07, 6.45) is 4.55. The molecule has 0 radical (unpaired) electrons. The highest BCUT2D eigenvalue weighted by Crippen LogP contribution is 2.48. The fourth-order valence-corrected chi connectivity index (χ4v) is 2.76. The van der Waals surface area contributed by atoms with E-state index >= 15 is 0 Å². The Labute approximate surface area is 122 Å². The van der Waals surface area contributed by atoms with Crippen LogP contribution >= 0.6 is 0 Å². The number of hydrogen-bond donors (Lipinski definition) is 0. The van der Waals surface area contributed by atoms with Crippen LogP contribution in [0.1, 0.15) is 58.6 Å². The molecule has 2 fully saturated rings. The van der Waals surface area contributed by atoms with E-state index in [0.29, 0.717) is 5.41 Å². The van der Waals surface area contributed by atoms with Crippen molar-refractivity contribution in [1.82, 2.24) is 4.98 Å². The minimum Gasteiger partial charge on any atom is -0.398 e. The van der Waals surface area contributed by atoms with Crippen LogP contribution in [0, 0.1) is 6.92 Å². The molecule has 2 aliphatic rings. The van der Waals surface area contributed by atoms with E-state index in [9.17, 15) is 0 Å². The Morgan fingerprint density at radius 3 is 2.05 bits per heavy atom. The van der Waals surface area contributed by atoms with Crippen LogP contribution in [0.25, 0.3) is 0 Å². The van der Waals surface area contributed by atoms with Gasteiger partial charge >= 0.3 is 7.12 Å². The van der Waals surface area contributed by atoms with Gasteiger partial charge in [0, 0.05) is 6.20 Å². The lowest BCUT2D eigenvalue weighted by atomic mass is 9.82. The van der Waals surface area contributed by atoms with Crippen LogP contribution in [0.5, 0.6) is 0 Å². The summed E-state index contributed by atoms with van der Waals surface area (Å²) in [5.41, 5.74) is 3.28. The Morgan fingerprint density at radius 1 is 1.05 bits per heavy atom. The number of pyridine rings is 1. The van der Waals surface area contributed by atoms with E-state index in [-0.39, 0.29) is 18.3 Å². The molecule has 20 heavy (non-hydrogen) atoms. The van der Waals surface area contributed by atoms with Crippen molar-refractivity contribution in [2.45, 2.75) is 71.0 Å². The molecule has 1 aromatic heterocycles. The predicted molar refractivity (Wildman–Crippen MR) is 81.3 cm³/mol. The van der Waals surface area contributed by atoms with Crippen LogP contribution in [0.2, 0.25) is 0 Å². The van der Waals surface area contributed by atoms with Gasteiger partial charge in [-0.3, -0.25) is 4.98 Å². The van der Waals surface area contributed by atoms with E-state index in [2.05, 4.69) is 52.6 Å². The Balaban J connectivity index is 1.88. The van der Waals surface area contributed by atoms with Gasteiger partial charge in [-0.1, -0.05) is 6.92 Å². The van der Waals surface area contributed by atoms with Crippen LogP contribution in [-0.2, 0) is 14.7 Å². The third-order valence-corrected chi connectivity index (χ3v) is 5.28. The molecule has 3 nitrogen and oxygen atoms in total. The van der Waals surface area contributed by atoms with Crippen LogP contribution in [0.15, 0.2) is 12.3 Å². The van der Waals surface area contributed by atoms with Crippen molar-refractivity contribution in [3.05, 3.63) is 23.4 Å². The first kappa shape index (κ1) is 14.1. The van der Waals surface area contributed by atoms with E-state index in [0.717, 1.165) is 5.59 Å². The molecular formula is C16H24BNO2. The minimum absolute atomic E-state index is 0.311. The molecule has 1 aromatic rings. The minimum atomic E-state index is -0.361. The average molecular weight is 273 g/mol. The van der Waals surface area contributed by atoms with E-state index < -0.39 is 0 Å². The molecule has 0 unspecified atom stereocenters. The van der Waals surface area contributed by atoms with Crippen LogP contribution < -0.4 is 5.59 Å². The molecule has 0 N–H and O–H groups in total. The van der Waals surface area contributed by atoms with E-state index in [1.807, 2.05) is 6.20 Å². The van der Waals surface area contributed by atoms with Gasteiger partial charge in [-0.2, -0.15) is 0 Å². The summed E-state index contributed by atoms with van der Waals surface area (Å²) in [6.45, 7) is 12.7. The smallest absolute Gasteiger partial charge is 0.398 e. The van der Waals surface area contributed by atoms with Crippen molar-refractivity contribution >= 4 is 12.7 Å². The largest absolute Gasteiger partial charge is 0.514 e. The summed E-state index contributed by atoms with van der Waals surface area (Å²) in [5.74, 6) is 0. The molecule has 4 heteroatoms. The first-order valence-electron chi connectivity index (χ1n) is 7.47. The topological polar surface area (TPSA) is 31.4 Å². The molecule has 0 amide bonds. The third-order valence-electron chi connectivity index (χ3n) is 5.28. The van der Waals surface area contributed by atoms with Gasteiger partial charge in [-0.05, 0) is 70.1 Å². The molecule has 1 saturated heterocycles. The molecule has 0 atom stereocenters. The van der Waals surface area contributed by atoms with Gasteiger partial charge in [0.2, 0.25) is 0 Å². The number of aryl methyl sites for hydroxylation is 1. The van der Waals surface area contributed by atoms with Crippen LogP contribution in [0.3, 0.4) is 0 Å². The Kier molecular flexibility index (Phi) is 2.87. The molecule has 1 aliphatic heterocycles. The summed E-state index contributed by atoms with van der Waals surface area (Å²) in [4.78, 5) is 4.61. The highest BCUT2D eigenvalue weighted by atomic mass is 16.7. The summed E-state index contributed by atoms with van der Waals surface area (Å²) >= 11 is 0. The monoisotopic (exact) mass is 273 g/mol. The molecule has 1 aliphatic carbocycles.